The standard InChI is InChI=1S/C9H12N6O5S2.Na.H/c1-13-9(10-11-12-13)21-4-6(16)14-3-2-5-7(14)8(17)15(5)22(18,19)20;;/h5,7H,2-4H2,1H3,(H,18,19,20);;/t5-,7+;;/m1../s1. The number of aryl methyl sites for hydroxylation is 1. The van der Waals surface area contributed by atoms with Gasteiger partial charge in [0.25, 0.3) is 5.91 Å². The fourth-order valence-electron chi connectivity index (χ4n) is 2.65. The summed E-state index contributed by atoms with van der Waals surface area (Å²) in [5, 5.41) is 11.3. The van der Waals surface area contributed by atoms with Gasteiger partial charge in [-0.05, 0) is 16.8 Å². The Kier molecular flexibility index (Phi) is 5.37. The zero-order valence-electron chi connectivity index (χ0n) is 11.4. The van der Waals surface area contributed by atoms with Crippen molar-refractivity contribution in [2.75, 3.05) is 12.3 Å². The Morgan fingerprint density at radius 1 is 1.48 bits per heavy atom. The Balaban J connectivity index is 0.00000192. The summed E-state index contributed by atoms with van der Waals surface area (Å²) in [6, 6.07) is -1.49. The maximum atomic E-state index is 12.2. The third-order valence-corrected chi connectivity index (χ3v) is 5.56. The molecule has 0 aliphatic carbocycles. The van der Waals surface area contributed by atoms with Gasteiger partial charge in [0.15, 0.2) is 0 Å². The molecule has 2 amide bonds. The number of β-lactam (4-membered cyclic amide) rings is 1. The third-order valence-electron chi connectivity index (χ3n) is 3.61. The molecule has 11 nitrogen and oxygen atoms in total. The molecule has 1 aromatic rings. The molecular weight excluding hydrogens is 359 g/mol. The summed E-state index contributed by atoms with van der Waals surface area (Å²) < 4.78 is 33.0. The van der Waals surface area contributed by atoms with E-state index in [1.54, 1.807) is 7.05 Å². The molecule has 2 fully saturated rings. The summed E-state index contributed by atoms with van der Waals surface area (Å²) in [4.78, 5) is 25.4. The maximum absolute atomic E-state index is 12.2. The van der Waals surface area contributed by atoms with Crippen LogP contribution in [0.25, 0.3) is 0 Å². The van der Waals surface area contributed by atoms with Crippen LogP contribution in [0.1, 0.15) is 6.42 Å². The minimum atomic E-state index is -4.56. The molecule has 1 aromatic heterocycles. The first-order valence-electron chi connectivity index (χ1n) is 6.26. The van der Waals surface area contributed by atoms with Crippen molar-refractivity contribution in [3.63, 3.8) is 0 Å². The molecule has 0 saturated carbocycles. The number of hydrogen-bond donors (Lipinski definition) is 1. The fraction of sp³-hybridized carbons (Fsp3) is 0.667. The van der Waals surface area contributed by atoms with E-state index < -0.39 is 28.3 Å². The van der Waals surface area contributed by atoms with E-state index in [2.05, 4.69) is 15.5 Å². The number of carbonyl (C=O) groups is 2. The second kappa shape index (κ2) is 6.64. The van der Waals surface area contributed by atoms with Gasteiger partial charge in [-0.1, -0.05) is 11.8 Å². The fourth-order valence-corrected chi connectivity index (χ4v) is 4.28. The summed E-state index contributed by atoms with van der Waals surface area (Å²) in [7, 11) is -2.92. The van der Waals surface area contributed by atoms with E-state index in [0.29, 0.717) is 15.9 Å². The van der Waals surface area contributed by atoms with Crippen LogP contribution < -0.4 is 0 Å². The first-order valence-corrected chi connectivity index (χ1v) is 8.64. The number of hydrogen-bond acceptors (Lipinski definition) is 8. The summed E-state index contributed by atoms with van der Waals surface area (Å²) in [5.41, 5.74) is 0. The number of thioether (sulfide) groups is 1. The number of aromatic nitrogens is 4. The van der Waals surface area contributed by atoms with E-state index in [0.717, 1.165) is 11.8 Å². The average Bonchev–Trinajstić information content (AvgIpc) is 2.98. The molecule has 122 valence electrons. The molecule has 1 N–H and O–H groups in total. The van der Waals surface area contributed by atoms with Gasteiger partial charge in [0.2, 0.25) is 11.1 Å². The SMILES string of the molecule is Cn1nnnc1SCC(=O)N1CC[C@@H]2[C@H]1C(=O)N2S(=O)(=O)O.[NaH]. The molecule has 14 heteroatoms. The minimum absolute atomic E-state index is 0. The van der Waals surface area contributed by atoms with Gasteiger partial charge in [0, 0.05) is 13.6 Å². The van der Waals surface area contributed by atoms with Crippen LogP contribution in [0.15, 0.2) is 5.16 Å². The predicted octanol–water partition coefficient (Wildman–Crippen LogP) is -2.73. The van der Waals surface area contributed by atoms with Crippen LogP contribution in [0.5, 0.6) is 0 Å². The summed E-state index contributed by atoms with van der Waals surface area (Å²) in [5.74, 6) is -1.04. The van der Waals surface area contributed by atoms with Gasteiger partial charge in [-0.3, -0.25) is 14.1 Å². The Morgan fingerprint density at radius 2 is 2.17 bits per heavy atom. The van der Waals surface area contributed by atoms with E-state index in [-0.39, 0.29) is 47.8 Å². The predicted molar refractivity (Wildman–Crippen MR) is 79.0 cm³/mol. The van der Waals surface area contributed by atoms with Crippen molar-refractivity contribution in [2.24, 2.45) is 7.05 Å². The summed E-state index contributed by atoms with van der Waals surface area (Å²) in [6.45, 7) is 0.267. The van der Waals surface area contributed by atoms with Gasteiger partial charge in [-0.25, -0.2) is 8.99 Å². The molecule has 0 spiro atoms. The third kappa shape index (κ3) is 3.25. The number of likely N-dealkylation sites (tertiary alicyclic amines) is 1. The molecule has 0 aromatic carbocycles. The van der Waals surface area contributed by atoms with E-state index >= 15 is 0 Å². The zero-order valence-corrected chi connectivity index (χ0v) is 13.0. The van der Waals surface area contributed by atoms with Gasteiger partial charge in [0.05, 0.1) is 11.8 Å². The average molecular weight is 372 g/mol. The number of rotatable bonds is 4. The number of nitrogens with zero attached hydrogens (tertiary/aromatic N) is 6. The molecule has 3 rings (SSSR count). The molecule has 2 aliphatic rings. The van der Waals surface area contributed by atoms with Gasteiger partial charge in [-0.15, -0.1) is 5.10 Å². The Labute approximate surface area is 157 Å². The first kappa shape index (κ1) is 18.6. The van der Waals surface area contributed by atoms with Gasteiger partial charge in [0.1, 0.15) is 6.04 Å². The van der Waals surface area contributed by atoms with Crippen LogP contribution in [0, 0.1) is 0 Å². The van der Waals surface area contributed by atoms with Crippen molar-refractivity contribution in [3.05, 3.63) is 0 Å². The molecule has 23 heavy (non-hydrogen) atoms. The van der Waals surface area contributed by atoms with Crippen molar-refractivity contribution in [3.8, 4) is 0 Å². The van der Waals surface area contributed by atoms with Crippen LogP contribution in [0.4, 0.5) is 0 Å². The molecule has 0 bridgehead atoms. The van der Waals surface area contributed by atoms with E-state index in [1.165, 1.54) is 9.58 Å². The van der Waals surface area contributed by atoms with Crippen LogP contribution in [-0.2, 0) is 26.9 Å². The molecule has 2 aliphatic heterocycles. The molecular formula is C9H13N6NaO5S2. The van der Waals surface area contributed by atoms with Crippen molar-refractivity contribution in [2.45, 2.75) is 23.7 Å². The Hall–Kier alpha value is -0.730. The second-order valence-corrected chi connectivity index (χ2v) is 7.11. The summed E-state index contributed by atoms with van der Waals surface area (Å²) in [6.07, 6.45) is 0.318. The van der Waals surface area contributed by atoms with Crippen LogP contribution in [0.3, 0.4) is 0 Å². The topological polar surface area (TPSA) is 139 Å². The van der Waals surface area contributed by atoms with E-state index in [9.17, 15) is 18.0 Å². The van der Waals surface area contributed by atoms with Gasteiger partial charge < -0.3 is 4.90 Å². The number of fused-ring (bicyclic) bond motifs is 1. The van der Waals surface area contributed by atoms with Crippen molar-refractivity contribution >= 4 is 63.4 Å². The summed E-state index contributed by atoms with van der Waals surface area (Å²) >= 11 is 1.13. The van der Waals surface area contributed by atoms with Crippen LogP contribution in [-0.4, -0.2) is 108 Å². The monoisotopic (exact) mass is 372 g/mol. The van der Waals surface area contributed by atoms with E-state index in [1.807, 2.05) is 0 Å². The van der Waals surface area contributed by atoms with Crippen molar-refractivity contribution < 1.29 is 22.6 Å². The number of amides is 2. The number of carbonyl (C=O) groups excluding carboxylic acids is 2. The number of tetrazole rings is 1. The van der Waals surface area contributed by atoms with Crippen LogP contribution in [0.2, 0.25) is 0 Å². The molecule has 2 saturated heterocycles. The van der Waals surface area contributed by atoms with Gasteiger partial charge in [-0.2, -0.15) is 8.42 Å². The molecule has 0 unspecified atom stereocenters. The van der Waals surface area contributed by atoms with Crippen molar-refractivity contribution in [1.29, 1.82) is 0 Å². The van der Waals surface area contributed by atoms with Crippen molar-refractivity contribution in [1.82, 2.24) is 29.4 Å². The zero-order chi connectivity index (χ0) is 16.1. The first-order chi connectivity index (χ1) is 10.3. The Morgan fingerprint density at radius 3 is 2.74 bits per heavy atom. The molecule has 3 heterocycles. The van der Waals surface area contributed by atoms with Crippen LogP contribution >= 0.6 is 11.8 Å². The molecule has 0 radical (unpaired) electrons. The van der Waals surface area contributed by atoms with E-state index in [4.69, 9.17) is 4.55 Å². The normalized spacial score (nSPS) is 23.3. The quantitative estimate of drug-likeness (QED) is 0.258. The second-order valence-electron chi connectivity index (χ2n) is 4.87. The Bertz CT molecular complexity index is 739. The molecule has 2 atom stereocenters. The van der Waals surface area contributed by atoms with Gasteiger partial charge >= 0.3 is 39.9 Å².